The van der Waals surface area contributed by atoms with Gasteiger partial charge in [-0.3, -0.25) is 9.78 Å². The van der Waals surface area contributed by atoms with Crippen molar-refractivity contribution in [1.82, 2.24) is 15.6 Å². The van der Waals surface area contributed by atoms with Crippen molar-refractivity contribution >= 4 is 16.8 Å². The van der Waals surface area contributed by atoms with E-state index in [0.717, 1.165) is 16.5 Å². The molecule has 4 heteroatoms. The first-order chi connectivity index (χ1) is 9.58. The van der Waals surface area contributed by atoms with E-state index in [9.17, 15) is 4.79 Å². The first-order valence-corrected chi connectivity index (χ1v) is 6.94. The summed E-state index contributed by atoms with van der Waals surface area (Å²) in [7, 11) is 0. The number of hydrogen-bond donors (Lipinski definition) is 2. The highest BCUT2D eigenvalue weighted by molar-refractivity contribution is 5.82. The molecular formula is C16H21N3O. The Morgan fingerprint density at radius 1 is 1.20 bits per heavy atom. The Bertz CT molecular complexity index is 590. The molecule has 0 saturated heterocycles. The van der Waals surface area contributed by atoms with Gasteiger partial charge in [-0.25, -0.2) is 0 Å². The van der Waals surface area contributed by atoms with Crippen molar-refractivity contribution in [3.05, 3.63) is 42.1 Å². The average Bonchev–Trinajstić information content (AvgIpc) is 2.44. The highest BCUT2D eigenvalue weighted by Crippen LogP contribution is 2.15. The van der Waals surface area contributed by atoms with Crippen molar-refractivity contribution in [3.63, 3.8) is 0 Å². The van der Waals surface area contributed by atoms with Gasteiger partial charge in [0, 0.05) is 24.2 Å². The summed E-state index contributed by atoms with van der Waals surface area (Å²) >= 11 is 0. The van der Waals surface area contributed by atoms with Gasteiger partial charge in [-0.1, -0.05) is 24.3 Å². The molecule has 0 aliphatic carbocycles. The Morgan fingerprint density at radius 2 is 1.95 bits per heavy atom. The molecule has 0 radical (unpaired) electrons. The molecule has 1 heterocycles. The number of fused-ring (bicyclic) bond motifs is 1. The predicted octanol–water partition coefficient (Wildman–Crippen LogP) is 2.24. The van der Waals surface area contributed by atoms with E-state index in [1.54, 1.807) is 6.20 Å². The Balaban J connectivity index is 2.04. The maximum absolute atomic E-state index is 11.8. The van der Waals surface area contributed by atoms with Crippen molar-refractivity contribution in [2.24, 2.45) is 0 Å². The number of amides is 1. The van der Waals surface area contributed by atoms with Crippen molar-refractivity contribution < 1.29 is 4.79 Å². The molecule has 1 unspecified atom stereocenters. The second kappa shape index (κ2) is 6.48. The van der Waals surface area contributed by atoms with Crippen LogP contribution in [0.25, 0.3) is 10.9 Å². The third-order valence-corrected chi connectivity index (χ3v) is 3.14. The first kappa shape index (κ1) is 14.5. The quantitative estimate of drug-likeness (QED) is 0.877. The molecule has 0 aliphatic heterocycles. The third kappa shape index (κ3) is 3.54. The standard InChI is InChI=1S/C16H21N3O/c1-11(2)19-16(20)12(3)18-10-14-7-4-6-13-8-5-9-17-15(13)14/h4-9,11-12,18H,10H2,1-3H3,(H,19,20). The number of aromatic nitrogens is 1. The number of carbonyl (C=O) groups excluding carboxylic acids is 1. The van der Waals surface area contributed by atoms with Gasteiger partial charge in [0.1, 0.15) is 0 Å². The van der Waals surface area contributed by atoms with Crippen LogP contribution in [0.1, 0.15) is 26.3 Å². The van der Waals surface area contributed by atoms with Crippen LogP contribution in [-0.2, 0) is 11.3 Å². The van der Waals surface area contributed by atoms with Gasteiger partial charge < -0.3 is 10.6 Å². The number of hydrogen-bond acceptors (Lipinski definition) is 3. The molecule has 1 aromatic carbocycles. The second-order valence-electron chi connectivity index (χ2n) is 5.26. The van der Waals surface area contributed by atoms with Crippen LogP contribution >= 0.6 is 0 Å². The van der Waals surface area contributed by atoms with Crippen LogP contribution in [0.4, 0.5) is 0 Å². The molecule has 4 nitrogen and oxygen atoms in total. The number of nitrogens with one attached hydrogen (secondary N) is 2. The first-order valence-electron chi connectivity index (χ1n) is 6.94. The zero-order chi connectivity index (χ0) is 14.5. The maximum Gasteiger partial charge on any atom is 0.237 e. The lowest BCUT2D eigenvalue weighted by Crippen LogP contribution is -2.44. The Labute approximate surface area is 119 Å². The minimum Gasteiger partial charge on any atom is -0.353 e. The largest absolute Gasteiger partial charge is 0.353 e. The van der Waals surface area contributed by atoms with Crippen molar-refractivity contribution in [3.8, 4) is 0 Å². The molecular weight excluding hydrogens is 250 g/mol. The highest BCUT2D eigenvalue weighted by atomic mass is 16.2. The van der Waals surface area contributed by atoms with Gasteiger partial charge in [-0.2, -0.15) is 0 Å². The molecule has 0 spiro atoms. The second-order valence-corrected chi connectivity index (χ2v) is 5.26. The summed E-state index contributed by atoms with van der Waals surface area (Å²) in [5, 5.41) is 7.26. The molecule has 1 atom stereocenters. The fourth-order valence-electron chi connectivity index (χ4n) is 2.08. The van der Waals surface area contributed by atoms with Crippen molar-refractivity contribution in [1.29, 1.82) is 0 Å². The summed E-state index contributed by atoms with van der Waals surface area (Å²) in [6, 6.07) is 10.00. The fourth-order valence-corrected chi connectivity index (χ4v) is 2.08. The van der Waals surface area contributed by atoms with E-state index in [0.29, 0.717) is 6.54 Å². The third-order valence-electron chi connectivity index (χ3n) is 3.14. The molecule has 2 aromatic rings. The van der Waals surface area contributed by atoms with E-state index in [2.05, 4.69) is 15.6 Å². The number of para-hydroxylation sites is 1. The topological polar surface area (TPSA) is 54.0 Å². The van der Waals surface area contributed by atoms with Gasteiger partial charge in [0.2, 0.25) is 5.91 Å². The van der Waals surface area contributed by atoms with Crippen LogP contribution in [0, 0.1) is 0 Å². The van der Waals surface area contributed by atoms with Gasteiger partial charge in [0.25, 0.3) is 0 Å². The van der Waals surface area contributed by atoms with E-state index in [1.807, 2.05) is 51.1 Å². The highest BCUT2D eigenvalue weighted by Gasteiger charge is 2.13. The monoisotopic (exact) mass is 271 g/mol. The van der Waals surface area contributed by atoms with Gasteiger partial charge >= 0.3 is 0 Å². The minimum atomic E-state index is -0.226. The molecule has 0 saturated carbocycles. The molecule has 0 bridgehead atoms. The van der Waals surface area contributed by atoms with Gasteiger partial charge in [-0.15, -0.1) is 0 Å². The Kier molecular flexibility index (Phi) is 4.69. The van der Waals surface area contributed by atoms with E-state index in [-0.39, 0.29) is 18.0 Å². The van der Waals surface area contributed by atoms with E-state index in [1.165, 1.54) is 0 Å². The summed E-state index contributed by atoms with van der Waals surface area (Å²) in [5.74, 6) is 0.0215. The summed E-state index contributed by atoms with van der Waals surface area (Å²) in [6.07, 6.45) is 1.79. The maximum atomic E-state index is 11.8. The number of benzene rings is 1. The summed E-state index contributed by atoms with van der Waals surface area (Å²) in [4.78, 5) is 16.3. The lowest BCUT2D eigenvalue weighted by molar-refractivity contribution is -0.123. The molecule has 0 fully saturated rings. The van der Waals surface area contributed by atoms with Gasteiger partial charge in [0.15, 0.2) is 0 Å². The minimum absolute atomic E-state index is 0.0215. The predicted molar refractivity (Wildman–Crippen MR) is 81.3 cm³/mol. The SMILES string of the molecule is CC(C)NC(=O)C(C)NCc1cccc2cccnc12. The smallest absolute Gasteiger partial charge is 0.237 e. The van der Waals surface area contributed by atoms with E-state index >= 15 is 0 Å². The summed E-state index contributed by atoms with van der Waals surface area (Å²) in [5.41, 5.74) is 2.09. The zero-order valence-corrected chi connectivity index (χ0v) is 12.2. The van der Waals surface area contributed by atoms with Gasteiger partial charge in [-0.05, 0) is 32.4 Å². The number of nitrogens with zero attached hydrogens (tertiary/aromatic N) is 1. The van der Waals surface area contributed by atoms with Crippen LogP contribution in [0.2, 0.25) is 0 Å². The van der Waals surface area contributed by atoms with Crippen molar-refractivity contribution in [2.75, 3.05) is 0 Å². The fraction of sp³-hybridized carbons (Fsp3) is 0.375. The van der Waals surface area contributed by atoms with E-state index in [4.69, 9.17) is 0 Å². The number of carbonyl (C=O) groups is 1. The molecule has 2 rings (SSSR count). The Morgan fingerprint density at radius 3 is 2.70 bits per heavy atom. The molecule has 106 valence electrons. The normalized spacial score (nSPS) is 12.6. The van der Waals surface area contributed by atoms with Crippen LogP contribution in [0.15, 0.2) is 36.5 Å². The number of rotatable bonds is 5. The van der Waals surface area contributed by atoms with E-state index < -0.39 is 0 Å². The van der Waals surface area contributed by atoms with Crippen molar-refractivity contribution in [2.45, 2.75) is 39.4 Å². The molecule has 1 aromatic heterocycles. The molecule has 2 N–H and O–H groups in total. The molecule has 0 aliphatic rings. The Hall–Kier alpha value is -1.94. The molecule has 20 heavy (non-hydrogen) atoms. The van der Waals surface area contributed by atoms with Crippen LogP contribution < -0.4 is 10.6 Å². The number of pyridine rings is 1. The van der Waals surface area contributed by atoms with Crippen LogP contribution in [-0.4, -0.2) is 23.0 Å². The molecule has 1 amide bonds. The lowest BCUT2D eigenvalue weighted by atomic mass is 10.1. The summed E-state index contributed by atoms with van der Waals surface area (Å²) < 4.78 is 0. The summed E-state index contributed by atoms with van der Waals surface area (Å²) in [6.45, 7) is 6.41. The lowest BCUT2D eigenvalue weighted by Gasteiger charge is -2.16. The van der Waals surface area contributed by atoms with Crippen LogP contribution in [0.3, 0.4) is 0 Å². The zero-order valence-electron chi connectivity index (χ0n) is 12.2. The average molecular weight is 271 g/mol. The van der Waals surface area contributed by atoms with Gasteiger partial charge in [0.05, 0.1) is 11.6 Å². The van der Waals surface area contributed by atoms with Crippen LogP contribution in [0.5, 0.6) is 0 Å².